The predicted octanol–water partition coefficient (Wildman–Crippen LogP) is 3.91. The quantitative estimate of drug-likeness (QED) is 0.588. The molecule has 0 saturated carbocycles. The van der Waals surface area contributed by atoms with Gasteiger partial charge in [-0.25, -0.2) is 0 Å². The van der Waals surface area contributed by atoms with Gasteiger partial charge in [0.2, 0.25) is 5.24 Å². The summed E-state index contributed by atoms with van der Waals surface area (Å²) in [7, 11) is 0. The van der Waals surface area contributed by atoms with Crippen molar-refractivity contribution in [1.82, 2.24) is 0 Å². The van der Waals surface area contributed by atoms with Crippen LogP contribution in [0.4, 0.5) is 0 Å². The van der Waals surface area contributed by atoms with Gasteiger partial charge in [-0.15, -0.1) is 11.8 Å². The molecule has 0 aliphatic heterocycles. The standard InChI is InChI=1S/C12H15ClOS/c1-8(2)11(12(13)14)9-5-4-6-10(7-9)15-3/h4-8,11H,1-3H3. The van der Waals surface area contributed by atoms with Gasteiger partial charge in [-0.2, -0.15) is 0 Å². The molecule has 0 aromatic heterocycles. The molecule has 0 radical (unpaired) electrons. The SMILES string of the molecule is CSc1cccc(C(C(=O)Cl)C(C)C)c1. The van der Waals surface area contributed by atoms with Gasteiger partial charge in [-0.3, -0.25) is 4.79 Å². The van der Waals surface area contributed by atoms with E-state index >= 15 is 0 Å². The molecule has 1 aromatic rings. The molecule has 0 saturated heterocycles. The zero-order chi connectivity index (χ0) is 11.4. The van der Waals surface area contributed by atoms with E-state index in [-0.39, 0.29) is 17.1 Å². The van der Waals surface area contributed by atoms with Crippen LogP contribution in [0.3, 0.4) is 0 Å². The first kappa shape index (κ1) is 12.6. The van der Waals surface area contributed by atoms with Crippen molar-refractivity contribution in [3.05, 3.63) is 29.8 Å². The first-order valence-electron chi connectivity index (χ1n) is 4.89. The summed E-state index contributed by atoms with van der Waals surface area (Å²) in [5, 5.41) is -0.275. The summed E-state index contributed by atoms with van der Waals surface area (Å²) in [6, 6.07) is 8.00. The molecule has 0 heterocycles. The molecular weight excluding hydrogens is 228 g/mol. The second-order valence-corrected chi connectivity index (χ2v) is 5.05. The Morgan fingerprint density at radius 1 is 1.40 bits per heavy atom. The molecular formula is C12H15ClOS. The van der Waals surface area contributed by atoms with Crippen molar-refractivity contribution < 1.29 is 4.79 Å². The van der Waals surface area contributed by atoms with E-state index in [2.05, 4.69) is 0 Å². The average molecular weight is 243 g/mol. The number of halogens is 1. The third kappa shape index (κ3) is 3.25. The van der Waals surface area contributed by atoms with E-state index in [0.717, 1.165) is 10.5 Å². The summed E-state index contributed by atoms with van der Waals surface area (Å²) < 4.78 is 0. The predicted molar refractivity (Wildman–Crippen MR) is 66.7 cm³/mol. The highest BCUT2D eigenvalue weighted by Gasteiger charge is 2.22. The van der Waals surface area contributed by atoms with Crippen molar-refractivity contribution in [1.29, 1.82) is 0 Å². The lowest BCUT2D eigenvalue weighted by Crippen LogP contribution is -2.13. The molecule has 1 atom stereocenters. The van der Waals surface area contributed by atoms with Crippen molar-refractivity contribution in [2.75, 3.05) is 6.26 Å². The third-order valence-electron chi connectivity index (χ3n) is 2.36. The maximum absolute atomic E-state index is 11.3. The second-order valence-electron chi connectivity index (χ2n) is 3.80. The van der Waals surface area contributed by atoms with Gasteiger partial charge in [0.15, 0.2) is 0 Å². The fourth-order valence-corrected chi connectivity index (χ4v) is 2.46. The minimum Gasteiger partial charge on any atom is -0.281 e. The van der Waals surface area contributed by atoms with Crippen LogP contribution in [0.2, 0.25) is 0 Å². The van der Waals surface area contributed by atoms with E-state index in [1.54, 1.807) is 11.8 Å². The first-order chi connectivity index (χ1) is 7.06. The monoisotopic (exact) mass is 242 g/mol. The lowest BCUT2D eigenvalue weighted by molar-refractivity contribution is -0.113. The lowest BCUT2D eigenvalue weighted by Gasteiger charge is -2.17. The fourth-order valence-electron chi connectivity index (χ4n) is 1.61. The third-order valence-corrected chi connectivity index (χ3v) is 3.32. The van der Waals surface area contributed by atoms with Crippen LogP contribution < -0.4 is 0 Å². The Balaban J connectivity index is 3.05. The second kappa shape index (κ2) is 5.57. The van der Waals surface area contributed by atoms with Gasteiger partial charge in [-0.05, 0) is 41.5 Å². The van der Waals surface area contributed by atoms with Gasteiger partial charge in [-0.1, -0.05) is 26.0 Å². The molecule has 1 unspecified atom stereocenters. The van der Waals surface area contributed by atoms with Crippen LogP contribution in [-0.2, 0) is 4.79 Å². The van der Waals surface area contributed by atoms with E-state index < -0.39 is 0 Å². The summed E-state index contributed by atoms with van der Waals surface area (Å²) in [5.74, 6) is 0.0332. The van der Waals surface area contributed by atoms with E-state index in [4.69, 9.17) is 11.6 Å². The van der Waals surface area contributed by atoms with Gasteiger partial charge >= 0.3 is 0 Å². The number of carbonyl (C=O) groups is 1. The molecule has 0 fully saturated rings. The van der Waals surface area contributed by atoms with Gasteiger partial charge in [0.1, 0.15) is 0 Å². The molecule has 0 bridgehead atoms. The zero-order valence-corrected chi connectivity index (χ0v) is 10.7. The maximum atomic E-state index is 11.3. The smallest absolute Gasteiger partial charge is 0.229 e. The minimum atomic E-state index is -0.275. The van der Waals surface area contributed by atoms with Crippen LogP contribution >= 0.6 is 23.4 Å². The van der Waals surface area contributed by atoms with Crippen molar-refractivity contribution in [3.63, 3.8) is 0 Å². The summed E-state index contributed by atoms with van der Waals surface area (Å²) >= 11 is 7.29. The van der Waals surface area contributed by atoms with Gasteiger partial charge in [0.25, 0.3) is 0 Å². The normalized spacial score (nSPS) is 12.9. The van der Waals surface area contributed by atoms with Crippen LogP contribution in [-0.4, -0.2) is 11.5 Å². The van der Waals surface area contributed by atoms with Crippen molar-refractivity contribution in [3.8, 4) is 0 Å². The van der Waals surface area contributed by atoms with Crippen molar-refractivity contribution in [2.24, 2.45) is 5.92 Å². The Bertz CT molecular complexity index is 349. The highest BCUT2D eigenvalue weighted by molar-refractivity contribution is 7.98. The topological polar surface area (TPSA) is 17.1 Å². The fraction of sp³-hybridized carbons (Fsp3) is 0.417. The molecule has 0 spiro atoms. The molecule has 1 aromatic carbocycles. The largest absolute Gasteiger partial charge is 0.281 e. The Hall–Kier alpha value is -0.470. The molecule has 82 valence electrons. The number of hydrogen-bond acceptors (Lipinski definition) is 2. The van der Waals surface area contributed by atoms with E-state index in [1.165, 1.54) is 0 Å². The molecule has 0 amide bonds. The van der Waals surface area contributed by atoms with Gasteiger partial charge in [0.05, 0.1) is 5.92 Å². The average Bonchev–Trinajstić information content (AvgIpc) is 2.17. The lowest BCUT2D eigenvalue weighted by atomic mass is 9.90. The molecule has 1 rings (SSSR count). The van der Waals surface area contributed by atoms with Crippen molar-refractivity contribution in [2.45, 2.75) is 24.7 Å². The highest BCUT2D eigenvalue weighted by atomic mass is 35.5. The van der Waals surface area contributed by atoms with Crippen LogP contribution in [0.15, 0.2) is 29.2 Å². The number of carbonyl (C=O) groups excluding carboxylic acids is 1. The summed E-state index contributed by atoms with van der Waals surface area (Å²) in [6.45, 7) is 4.02. The van der Waals surface area contributed by atoms with Crippen LogP contribution in [0.5, 0.6) is 0 Å². The maximum Gasteiger partial charge on any atom is 0.229 e. The number of hydrogen-bond donors (Lipinski definition) is 0. The minimum absolute atomic E-state index is 0.196. The molecule has 15 heavy (non-hydrogen) atoms. The number of thioether (sulfide) groups is 1. The molecule has 0 aliphatic rings. The Morgan fingerprint density at radius 3 is 2.53 bits per heavy atom. The molecule has 0 N–H and O–H groups in total. The molecule has 1 nitrogen and oxygen atoms in total. The summed E-state index contributed by atoms with van der Waals surface area (Å²) in [5.41, 5.74) is 1.01. The van der Waals surface area contributed by atoms with E-state index in [0.29, 0.717) is 0 Å². The van der Waals surface area contributed by atoms with Crippen LogP contribution in [0, 0.1) is 5.92 Å². The zero-order valence-electron chi connectivity index (χ0n) is 9.16. The first-order valence-corrected chi connectivity index (χ1v) is 6.49. The van der Waals surface area contributed by atoms with Gasteiger partial charge in [0, 0.05) is 4.90 Å². The number of benzene rings is 1. The summed E-state index contributed by atoms with van der Waals surface area (Å²) in [6.07, 6.45) is 2.02. The van der Waals surface area contributed by atoms with Crippen LogP contribution in [0.1, 0.15) is 25.3 Å². The molecule has 0 aliphatic carbocycles. The summed E-state index contributed by atoms with van der Waals surface area (Å²) in [4.78, 5) is 12.5. The Morgan fingerprint density at radius 2 is 2.07 bits per heavy atom. The Kier molecular flexibility index (Phi) is 4.68. The van der Waals surface area contributed by atoms with Gasteiger partial charge < -0.3 is 0 Å². The number of rotatable bonds is 4. The van der Waals surface area contributed by atoms with Crippen molar-refractivity contribution >= 4 is 28.6 Å². The Labute approximate surface area is 100 Å². The highest BCUT2D eigenvalue weighted by Crippen LogP contribution is 2.29. The van der Waals surface area contributed by atoms with Crippen LogP contribution in [0.25, 0.3) is 0 Å². The van der Waals surface area contributed by atoms with E-state index in [9.17, 15) is 4.79 Å². The molecule has 3 heteroatoms. The van der Waals surface area contributed by atoms with E-state index in [1.807, 2.05) is 44.4 Å².